The standard InChI is InChI=1S/C40H32N10O18S5/c41-36(52)22-14-16-50(17-15-22)40-46-38(43-29-6-1-2-7-32(29)72(58,59)60)45-39(47-40)44-30-13-12-27-28(35(30)73(61,62)63)21-31(69-67-65-54)33(34(27)51)49-48-24-10-8-23(9-11-24)37(53)42-25-4-3-5-26(20-25)71(56,57)19-18-64-70-68-66-55/h1-17,20-21H,18-19H2,(H9-,41,42,43,44,45,46,47,48,51,52,53,54,55,58,59,60,61,62,63)/p+1. The molecule has 0 bridgehead atoms. The first kappa shape index (κ1) is 53.4. The summed E-state index contributed by atoms with van der Waals surface area (Å²) < 4.78 is 112. The number of aromatic hydroxyl groups is 1. The van der Waals surface area contributed by atoms with Crippen molar-refractivity contribution in [1.82, 2.24) is 15.0 Å². The molecule has 10 N–H and O–H groups in total. The fourth-order valence-corrected chi connectivity index (χ4v) is 9.85. The van der Waals surface area contributed by atoms with Crippen LogP contribution in [0.3, 0.4) is 0 Å². The van der Waals surface area contributed by atoms with Crippen molar-refractivity contribution in [2.45, 2.75) is 19.6 Å². The zero-order valence-electron chi connectivity index (χ0n) is 36.2. The summed E-state index contributed by atoms with van der Waals surface area (Å²) in [6.45, 7) is -0.326. The molecule has 0 saturated heterocycles. The molecule has 7 rings (SSSR count). The molecule has 2 aromatic heterocycles. The quantitative estimate of drug-likeness (QED) is 0.00719. The van der Waals surface area contributed by atoms with E-state index >= 15 is 0 Å². The number of nitrogens with two attached hydrogens (primary N) is 1. The Hall–Kier alpha value is -7.35. The van der Waals surface area contributed by atoms with Gasteiger partial charge in [0.25, 0.3) is 26.1 Å². The number of nitrogens with one attached hydrogen (secondary N) is 3. The van der Waals surface area contributed by atoms with Crippen molar-refractivity contribution in [2.24, 2.45) is 16.0 Å². The SMILES string of the molecule is NC(=O)c1cc[n+](-c2nc(Nc3ccccc3S(=O)(=O)O)nc(Nc3ccc4c(O)c(N=Nc5ccc(C(=O)Nc6cccc(S(=O)(=O)CCOSOOO)c6)cc5)c(SOOO)cc4c3S(=O)(=O)O)n2)cc1. The second-order valence-corrected chi connectivity index (χ2v) is 20.4. The van der Waals surface area contributed by atoms with Crippen molar-refractivity contribution in [3.05, 3.63) is 127 Å². The van der Waals surface area contributed by atoms with Gasteiger partial charge in [-0.25, -0.2) is 23.5 Å². The van der Waals surface area contributed by atoms with Crippen molar-refractivity contribution < 1.29 is 87.1 Å². The largest absolute Gasteiger partial charge is 0.505 e. The van der Waals surface area contributed by atoms with Crippen LogP contribution in [0.15, 0.2) is 145 Å². The number of phenolic OH excluding ortho intramolecular Hbond substituents is 1. The van der Waals surface area contributed by atoms with E-state index in [0.717, 1.165) is 18.2 Å². The Kier molecular flexibility index (Phi) is 16.9. The van der Waals surface area contributed by atoms with Crippen LogP contribution in [0.5, 0.6) is 5.75 Å². The lowest BCUT2D eigenvalue weighted by Crippen LogP contribution is -2.33. The van der Waals surface area contributed by atoms with Crippen LogP contribution < -0.4 is 26.3 Å². The summed E-state index contributed by atoms with van der Waals surface area (Å²) >= 11 is 0.448. The van der Waals surface area contributed by atoms with Gasteiger partial charge < -0.3 is 26.8 Å². The number of azo groups is 1. The monoisotopic (exact) mass is 1100 g/mol. The maximum Gasteiger partial charge on any atom is 0.444 e. The van der Waals surface area contributed by atoms with E-state index in [1.54, 1.807) is 0 Å². The summed E-state index contributed by atoms with van der Waals surface area (Å²) in [4.78, 5) is 35.9. The summed E-state index contributed by atoms with van der Waals surface area (Å²) in [6.07, 6.45) is 2.69. The number of fused-ring (bicyclic) bond motifs is 1. The lowest BCUT2D eigenvalue weighted by atomic mass is 10.1. The zero-order valence-corrected chi connectivity index (χ0v) is 40.3. The molecule has 0 unspecified atom stereocenters. The number of hydrogen-bond acceptors (Lipinski definition) is 25. The number of carbonyl (C=O) groups is 2. The van der Waals surface area contributed by atoms with Crippen LogP contribution in [-0.2, 0) is 53.0 Å². The molecule has 33 heteroatoms. The second-order valence-electron chi connectivity index (χ2n) is 14.3. The minimum absolute atomic E-state index is 0.102. The third-order valence-electron chi connectivity index (χ3n) is 9.61. The molecule has 2 heterocycles. The second kappa shape index (κ2) is 23.0. The molecule has 0 spiro atoms. The van der Waals surface area contributed by atoms with Gasteiger partial charge in [0.1, 0.15) is 15.5 Å². The van der Waals surface area contributed by atoms with Gasteiger partial charge in [-0.05, 0) is 94.9 Å². The van der Waals surface area contributed by atoms with Crippen molar-refractivity contribution in [3.8, 4) is 11.7 Å². The summed E-state index contributed by atoms with van der Waals surface area (Å²) in [5, 5.41) is 51.3. The molecule has 2 amide bonds. The Labute approximate surface area is 419 Å². The van der Waals surface area contributed by atoms with Crippen LogP contribution in [0.25, 0.3) is 16.7 Å². The third-order valence-corrected chi connectivity index (χ3v) is 14.2. The molecule has 28 nitrogen and oxygen atoms in total. The minimum atomic E-state index is -5.27. The Bertz CT molecular complexity index is 3600. The number of carbonyl (C=O) groups excluding carboxylic acids is 2. The molecule has 0 aliphatic heterocycles. The van der Waals surface area contributed by atoms with E-state index < -0.39 is 74.8 Å². The molecular weight excluding hydrogens is 1070 g/mol. The fraction of sp³-hybridized carbons (Fsp3) is 0.0500. The molecule has 0 aliphatic carbocycles. The maximum absolute atomic E-state index is 13.2. The zero-order chi connectivity index (χ0) is 52.5. The normalized spacial score (nSPS) is 12.0. The fourth-order valence-electron chi connectivity index (χ4n) is 6.42. The highest BCUT2D eigenvalue weighted by molar-refractivity contribution is 7.94. The number of amides is 2. The Morgan fingerprint density at radius 1 is 0.726 bits per heavy atom. The van der Waals surface area contributed by atoms with E-state index in [2.05, 4.69) is 59.9 Å². The first-order chi connectivity index (χ1) is 34.7. The molecule has 0 fully saturated rings. The van der Waals surface area contributed by atoms with E-state index in [1.165, 1.54) is 102 Å². The number of rotatable bonds is 22. The number of anilines is 5. The van der Waals surface area contributed by atoms with Crippen LogP contribution >= 0.6 is 24.4 Å². The number of pyridine rings is 1. The molecule has 0 aliphatic rings. The number of para-hydroxylation sites is 1. The summed E-state index contributed by atoms with van der Waals surface area (Å²) in [6, 6.07) is 22.1. The van der Waals surface area contributed by atoms with Crippen molar-refractivity contribution in [1.29, 1.82) is 0 Å². The average molecular weight is 1100 g/mol. The van der Waals surface area contributed by atoms with E-state index in [4.69, 9.17) is 20.4 Å². The lowest BCUT2D eigenvalue weighted by molar-refractivity contribution is -0.603. The highest BCUT2D eigenvalue weighted by Crippen LogP contribution is 2.47. The van der Waals surface area contributed by atoms with Gasteiger partial charge in [-0.1, -0.05) is 28.3 Å². The van der Waals surface area contributed by atoms with Crippen molar-refractivity contribution in [3.63, 3.8) is 0 Å². The van der Waals surface area contributed by atoms with Crippen LogP contribution in [0, 0.1) is 0 Å². The molecule has 0 atom stereocenters. The van der Waals surface area contributed by atoms with Gasteiger partial charge >= 0.3 is 17.8 Å². The molecule has 7 aromatic rings. The predicted molar refractivity (Wildman–Crippen MR) is 254 cm³/mol. The van der Waals surface area contributed by atoms with Crippen LogP contribution in [0.4, 0.5) is 40.3 Å². The molecular formula is C40H33N10O18S5+. The van der Waals surface area contributed by atoms with Gasteiger partial charge in [0.05, 0.1) is 63.6 Å². The highest BCUT2D eigenvalue weighted by Gasteiger charge is 2.28. The third kappa shape index (κ3) is 13.4. The van der Waals surface area contributed by atoms with E-state index in [0.29, 0.717) is 0 Å². The van der Waals surface area contributed by atoms with Crippen molar-refractivity contribution in [2.75, 3.05) is 28.3 Å². The smallest absolute Gasteiger partial charge is 0.444 e. The summed E-state index contributed by atoms with van der Waals surface area (Å²) in [7, 11) is -13.9. The molecule has 73 heavy (non-hydrogen) atoms. The first-order valence-electron chi connectivity index (χ1n) is 19.8. The van der Waals surface area contributed by atoms with E-state index in [-0.39, 0.29) is 97.3 Å². The van der Waals surface area contributed by atoms with E-state index in [1.807, 2.05) is 0 Å². The number of sulfone groups is 1. The number of nitrogens with zero attached hydrogens (tertiary/aromatic N) is 6. The Morgan fingerprint density at radius 2 is 1.41 bits per heavy atom. The van der Waals surface area contributed by atoms with Gasteiger partial charge in [-0.15, -0.1) is 18.8 Å². The molecule has 0 radical (unpaired) electrons. The van der Waals surface area contributed by atoms with Gasteiger partial charge in [-0.2, -0.15) is 21.9 Å². The number of hydrogen-bond donors (Lipinski definition) is 9. The van der Waals surface area contributed by atoms with Crippen molar-refractivity contribution >= 4 is 117 Å². The maximum atomic E-state index is 13.2. The van der Waals surface area contributed by atoms with Gasteiger partial charge in [0, 0.05) is 27.6 Å². The number of benzene rings is 5. The van der Waals surface area contributed by atoms with Crippen LogP contribution in [0.2, 0.25) is 0 Å². The van der Waals surface area contributed by atoms with Gasteiger partial charge in [-0.3, -0.25) is 22.9 Å². The average Bonchev–Trinajstić information content (AvgIpc) is 3.35. The van der Waals surface area contributed by atoms with Crippen LogP contribution in [0.1, 0.15) is 20.7 Å². The number of primary amides is 1. The summed E-state index contributed by atoms with van der Waals surface area (Å²) in [5.74, 6) is -3.59. The highest BCUT2D eigenvalue weighted by atomic mass is 32.2. The van der Waals surface area contributed by atoms with Gasteiger partial charge in [0.2, 0.25) is 5.91 Å². The lowest BCUT2D eigenvalue weighted by Gasteiger charge is -2.15. The Balaban J connectivity index is 1.19. The number of aromatic nitrogens is 4. The number of phenols is 1. The van der Waals surface area contributed by atoms with Gasteiger partial charge in [0.15, 0.2) is 27.9 Å². The molecule has 0 saturated carbocycles. The topological polar surface area (TPSA) is 413 Å². The minimum Gasteiger partial charge on any atom is -0.505 e. The first-order valence-corrected chi connectivity index (χ1v) is 25.7. The van der Waals surface area contributed by atoms with Crippen LogP contribution in [-0.4, -0.2) is 89.1 Å². The predicted octanol–water partition coefficient (Wildman–Crippen LogP) is 5.96. The Morgan fingerprint density at radius 3 is 2.07 bits per heavy atom. The summed E-state index contributed by atoms with van der Waals surface area (Å²) in [5.41, 5.74) is 4.89. The van der Waals surface area contributed by atoms with E-state index in [9.17, 15) is 49.1 Å². The molecule has 5 aromatic carbocycles. The molecule has 380 valence electrons.